The van der Waals surface area contributed by atoms with Crippen LogP contribution in [0.15, 0.2) is 78.6 Å². The van der Waals surface area contributed by atoms with Gasteiger partial charge < -0.3 is 4.42 Å². The van der Waals surface area contributed by atoms with Crippen LogP contribution in [-0.4, -0.2) is 21.5 Å². The van der Waals surface area contributed by atoms with Crippen LogP contribution in [0.2, 0.25) is 0 Å². The van der Waals surface area contributed by atoms with Crippen LogP contribution in [0, 0.1) is 0 Å². The van der Waals surface area contributed by atoms with E-state index in [1.165, 1.54) is 11.8 Å². The number of ketones is 1. The summed E-state index contributed by atoms with van der Waals surface area (Å²) in [6.07, 6.45) is 1.55. The molecule has 30 heavy (non-hydrogen) atoms. The second-order valence-corrected chi connectivity index (χ2v) is 10.2. The van der Waals surface area contributed by atoms with E-state index in [1.54, 1.807) is 23.7 Å². The largest absolute Gasteiger partial charge is 0.453 e. The number of furan rings is 1. The molecule has 8 heteroatoms. The lowest BCUT2D eigenvalue weighted by atomic mass is 10.1. The van der Waals surface area contributed by atoms with Crippen molar-refractivity contribution in [3.05, 3.63) is 74.9 Å². The van der Waals surface area contributed by atoms with Crippen molar-refractivity contribution >= 4 is 81.9 Å². The molecule has 0 aliphatic rings. The third-order valence-corrected chi connectivity index (χ3v) is 7.48. The highest BCUT2D eigenvalue weighted by atomic mass is 79.9. The number of rotatable bonds is 5. The highest BCUT2D eigenvalue weighted by Gasteiger charge is 2.17. The van der Waals surface area contributed by atoms with Gasteiger partial charge in [-0.3, -0.25) is 4.79 Å². The van der Waals surface area contributed by atoms with Gasteiger partial charge in [0.2, 0.25) is 5.78 Å². The van der Waals surface area contributed by atoms with Crippen LogP contribution < -0.4 is 0 Å². The fourth-order valence-corrected chi connectivity index (χ4v) is 5.66. The van der Waals surface area contributed by atoms with Crippen molar-refractivity contribution in [2.75, 3.05) is 5.75 Å². The molecule has 0 amide bonds. The second kappa shape index (κ2) is 8.26. The number of Topliss-reactive ketones (excluding diaryl/α,β-unsaturated/α-hetero) is 1. The Bertz CT molecular complexity index is 1390. The minimum Gasteiger partial charge on any atom is -0.453 e. The zero-order chi connectivity index (χ0) is 20.7. The number of aromatic nitrogens is 2. The molecular formula is C22H12Br2N2O2S2. The number of nitrogens with zero attached hydrogens (tertiary/aromatic N) is 2. The molecule has 4 nitrogen and oxygen atoms in total. The van der Waals surface area contributed by atoms with Crippen molar-refractivity contribution in [2.24, 2.45) is 0 Å². The van der Waals surface area contributed by atoms with Gasteiger partial charge in [0.25, 0.3) is 0 Å². The topological polar surface area (TPSA) is 56.0 Å². The van der Waals surface area contributed by atoms with Crippen molar-refractivity contribution in [1.29, 1.82) is 0 Å². The molecule has 0 atom stereocenters. The lowest BCUT2D eigenvalue weighted by Gasteiger charge is -2.05. The van der Waals surface area contributed by atoms with Crippen LogP contribution in [0.3, 0.4) is 0 Å². The zero-order valence-electron chi connectivity index (χ0n) is 15.3. The first kappa shape index (κ1) is 19.9. The number of hydrogen-bond acceptors (Lipinski definition) is 6. The lowest BCUT2D eigenvalue weighted by molar-refractivity contribution is 0.0994. The number of fused-ring (bicyclic) bond motifs is 2. The molecule has 0 spiro atoms. The lowest BCUT2D eigenvalue weighted by Crippen LogP contribution is -2.01. The quantitative estimate of drug-likeness (QED) is 0.126. The maximum atomic E-state index is 12.8. The first-order chi connectivity index (χ1) is 14.6. The van der Waals surface area contributed by atoms with Gasteiger partial charge in [-0.2, -0.15) is 0 Å². The average Bonchev–Trinajstić information content (AvgIpc) is 3.37. The van der Waals surface area contributed by atoms with Crippen LogP contribution in [-0.2, 0) is 0 Å². The molecule has 0 bridgehead atoms. The fourth-order valence-electron chi connectivity index (χ4n) is 3.16. The maximum absolute atomic E-state index is 12.8. The minimum absolute atomic E-state index is 0.0699. The predicted octanol–water partition coefficient (Wildman–Crippen LogP) is 7.60. The molecule has 0 saturated carbocycles. The summed E-state index contributed by atoms with van der Waals surface area (Å²) in [7, 11) is 0. The normalized spacial score (nSPS) is 11.4. The number of carbonyl (C=O) groups is 1. The van der Waals surface area contributed by atoms with Gasteiger partial charge in [0.05, 0.1) is 11.1 Å². The maximum Gasteiger partial charge on any atom is 0.208 e. The monoisotopic (exact) mass is 558 g/mol. The SMILES string of the molecule is O=C(CSc1ncnc2scc(-c3ccc(Br)cc3)c12)c1cc2cc(Br)ccc2o1. The summed E-state index contributed by atoms with van der Waals surface area (Å²) in [5, 5.41) is 4.77. The van der Waals surface area contributed by atoms with E-state index in [0.717, 1.165) is 40.7 Å². The van der Waals surface area contributed by atoms with Crippen LogP contribution >= 0.6 is 55.0 Å². The van der Waals surface area contributed by atoms with Crippen LogP contribution in [0.1, 0.15) is 10.6 Å². The van der Waals surface area contributed by atoms with Crippen molar-refractivity contribution in [1.82, 2.24) is 9.97 Å². The number of thiophene rings is 1. The average molecular weight is 560 g/mol. The number of benzene rings is 2. The molecule has 0 aliphatic heterocycles. The predicted molar refractivity (Wildman–Crippen MR) is 130 cm³/mol. The molecule has 3 aromatic heterocycles. The molecular weight excluding hydrogens is 548 g/mol. The van der Waals surface area contributed by atoms with E-state index < -0.39 is 0 Å². The Morgan fingerprint density at radius 3 is 2.67 bits per heavy atom. The van der Waals surface area contributed by atoms with Gasteiger partial charge in [-0.05, 0) is 42.0 Å². The van der Waals surface area contributed by atoms with Crippen LogP contribution in [0.25, 0.3) is 32.3 Å². The summed E-state index contributed by atoms with van der Waals surface area (Å²) in [6.45, 7) is 0. The fraction of sp³-hybridized carbons (Fsp3) is 0.0455. The second-order valence-electron chi connectivity index (χ2n) is 6.52. The first-order valence-electron chi connectivity index (χ1n) is 8.92. The Morgan fingerprint density at radius 1 is 1.03 bits per heavy atom. The van der Waals surface area contributed by atoms with E-state index in [4.69, 9.17) is 4.42 Å². The van der Waals surface area contributed by atoms with Gasteiger partial charge in [-0.15, -0.1) is 11.3 Å². The smallest absolute Gasteiger partial charge is 0.208 e. The highest BCUT2D eigenvalue weighted by molar-refractivity contribution is 9.10. The Labute approximate surface area is 197 Å². The number of halogens is 2. The van der Waals surface area contributed by atoms with Gasteiger partial charge >= 0.3 is 0 Å². The van der Waals surface area contributed by atoms with Gasteiger partial charge in [0.1, 0.15) is 21.8 Å². The molecule has 148 valence electrons. The van der Waals surface area contributed by atoms with Gasteiger partial charge in [-0.1, -0.05) is 55.8 Å². The van der Waals surface area contributed by atoms with Crippen LogP contribution in [0.4, 0.5) is 0 Å². The third-order valence-electron chi connectivity index (χ3n) is 4.58. The molecule has 3 heterocycles. The summed E-state index contributed by atoms with van der Waals surface area (Å²) in [6, 6.07) is 15.6. The summed E-state index contributed by atoms with van der Waals surface area (Å²) in [4.78, 5) is 22.5. The van der Waals surface area contributed by atoms with Gasteiger partial charge in [0, 0.05) is 25.3 Å². The summed E-state index contributed by atoms with van der Waals surface area (Å²) in [5.41, 5.74) is 2.87. The van der Waals surface area contributed by atoms with Crippen molar-refractivity contribution < 1.29 is 9.21 Å². The van der Waals surface area contributed by atoms with E-state index in [-0.39, 0.29) is 11.5 Å². The molecule has 5 rings (SSSR count). The molecule has 0 saturated heterocycles. The summed E-state index contributed by atoms with van der Waals surface area (Å²) < 4.78 is 7.71. The number of hydrogen-bond donors (Lipinski definition) is 0. The van der Waals surface area contributed by atoms with E-state index >= 15 is 0 Å². The van der Waals surface area contributed by atoms with Crippen molar-refractivity contribution in [3.8, 4) is 11.1 Å². The molecule has 0 fully saturated rings. The van der Waals surface area contributed by atoms with E-state index in [2.05, 4.69) is 59.3 Å². The zero-order valence-corrected chi connectivity index (χ0v) is 20.1. The Hall–Kier alpha value is -2.00. The number of thioether (sulfide) groups is 1. The third kappa shape index (κ3) is 3.85. The standard InChI is InChI=1S/C22H12Br2N2O2S2/c23-14-3-1-12(2-4-14)16-9-29-21-20(16)22(26-11-25-21)30-10-17(27)19-8-13-7-15(24)5-6-18(13)28-19/h1-9,11H,10H2. The Kier molecular flexibility index (Phi) is 5.49. The molecule has 2 aromatic carbocycles. The Balaban J connectivity index is 1.44. The summed E-state index contributed by atoms with van der Waals surface area (Å²) in [5.74, 6) is 0.529. The molecule has 0 unspecified atom stereocenters. The van der Waals surface area contributed by atoms with Gasteiger partial charge in [-0.25, -0.2) is 9.97 Å². The molecule has 0 radical (unpaired) electrons. The first-order valence-corrected chi connectivity index (χ1v) is 12.4. The molecule has 0 N–H and O–H groups in total. The van der Waals surface area contributed by atoms with E-state index in [1.807, 2.05) is 30.3 Å². The summed E-state index contributed by atoms with van der Waals surface area (Å²) >= 11 is 9.91. The van der Waals surface area contributed by atoms with Crippen molar-refractivity contribution in [2.45, 2.75) is 5.03 Å². The molecule has 0 aliphatic carbocycles. The Morgan fingerprint density at radius 2 is 1.83 bits per heavy atom. The number of carbonyl (C=O) groups excluding carboxylic acids is 1. The van der Waals surface area contributed by atoms with Crippen LogP contribution in [0.5, 0.6) is 0 Å². The molecule has 5 aromatic rings. The minimum atomic E-state index is -0.0699. The van der Waals surface area contributed by atoms with Crippen molar-refractivity contribution in [3.63, 3.8) is 0 Å². The highest BCUT2D eigenvalue weighted by Crippen LogP contribution is 2.38. The van der Waals surface area contributed by atoms with E-state index in [0.29, 0.717) is 11.3 Å². The van der Waals surface area contributed by atoms with E-state index in [9.17, 15) is 4.79 Å². The van der Waals surface area contributed by atoms with Gasteiger partial charge in [0.15, 0.2) is 5.76 Å².